The maximum atomic E-state index is 11.9. The number of carbonyl (C=O) groups is 1. The van der Waals surface area contributed by atoms with Gasteiger partial charge in [-0.1, -0.05) is 31.4 Å². The summed E-state index contributed by atoms with van der Waals surface area (Å²) in [5.74, 6) is 0. The highest BCUT2D eigenvalue weighted by atomic mass is 16.6. The number of carbonyl (C=O) groups excluding carboxylic acids is 1. The number of piperidine rings is 1. The number of ether oxygens (including phenoxy) is 1. The fourth-order valence-electron chi connectivity index (χ4n) is 1.92. The van der Waals surface area contributed by atoms with Gasteiger partial charge in [-0.15, -0.1) is 0 Å². The summed E-state index contributed by atoms with van der Waals surface area (Å²) in [6.07, 6.45) is 6.77. The van der Waals surface area contributed by atoms with Gasteiger partial charge in [-0.2, -0.15) is 0 Å². The molecule has 0 spiro atoms. The quantitative estimate of drug-likeness (QED) is 0.760. The summed E-state index contributed by atoms with van der Waals surface area (Å²) in [6, 6.07) is 0.273. The Labute approximate surface area is 109 Å². The van der Waals surface area contributed by atoms with Gasteiger partial charge in [0.15, 0.2) is 0 Å². The summed E-state index contributed by atoms with van der Waals surface area (Å²) < 4.78 is 5.24. The van der Waals surface area contributed by atoms with Crippen LogP contribution < -0.4 is 5.32 Å². The average molecular weight is 250 g/mol. The monoisotopic (exact) mass is 250 g/mol. The number of nitrogens with zero attached hydrogens (tertiary/aromatic N) is 1. The minimum atomic E-state index is -0.279. The van der Waals surface area contributed by atoms with Crippen LogP contribution in [0.15, 0.2) is 37.0 Å². The van der Waals surface area contributed by atoms with Crippen molar-refractivity contribution in [2.45, 2.75) is 18.9 Å². The average Bonchev–Trinajstić information content (AvgIpc) is 2.43. The van der Waals surface area contributed by atoms with Gasteiger partial charge < -0.3 is 15.0 Å². The molecule has 0 aromatic heterocycles. The summed E-state index contributed by atoms with van der Waals surface area (Å²) >= 11 is 0. The Bertz CT molecular complexity index is 331. The first-order valence-electron chi connectivity index (χ1n) is 6.23. The molecular weight excluding hydrogens is 228 g/mol. The number of hydrogen-bond donors (Lipinski definition) is 1. The van der Waals surface area contributed by atoms with Crippen LogP contribution in [0.1, 0.15) is 12.8 Å². The zero-order chi connectivity index (χ0) is 13.4. The Kier molecular flexibility index (Phi) is 6.22. The molecule has 0 bridgehead atoms. The van der Waals surface area contributed by atoms with E-state index < -0.39 is 0 Å². The molecule has 0 aromatic carbocycles. The van der Waals surface area contributed by atoms with Gasteiger partial charge in [0.2, 0.25) is 0 Å². The molecule has 4 heteroatoms. The molecule has 1 aliphatic rings. The minimum Gasteiger partial charge on any atom is -0.445 e. The largest absolute Gasteiger partial charge is 0.445 e. The molecule has 100 valence electrons. The van der Waals surface area contributed by atoms with Gasteiger partial charge in [0, 0.05) is 13.1 Å². The van der Waals surface area contributed by atoms with Crippen molar-refractivity contribution in [3.05, 3.63) is 37.0 Å². The first kappa shape index (κ1) is 14.5. The third-order valence-electron chi connectivity index (χ3n) is 3.10. The topological polar surface area (TPSA) is 41.6 Å². The fraction of sp³-hybridized carbons (Fsp3) is 0.500. The second kappa shape index (κ2) is 7.71. The van der Waals surface area contributed by atoms with Crippen molar-refractivity contribution in [3.63, 3.8) is 0 Å². The van der Waals surface area contributed by atoms with Crippen molar-refractivity contribution in [1.82, 2.24) is 10.2 Å². The van der Waals surface area contributed by atoms with E-state index in [1.807, 2.05) is 0 Å². The van der Waals surface area contributed by atoms with Crippen LogP contribution in [0.25, 0.3) is 0 Å². The van der Waals surface area contributed by atoms with Gasteiger partial charge in [0.05, 0.1) is 0 Å². The SMILES string of the molecule is C=C/C=C(\C=C)COC(=O)N(C)C1CCNCC1. The Hall–Kier alpha value is -1.55. The van der Waals surface area contributed by atoms with Crippen molar-refractivity contribution in [2.75, 3.05) is 26.7 Å². The molecule has 1 amide bonds. The molecule has 1 fully saturated rings. The zero-order valence-electron chi connectivity index (χ0n) is 11.0. The maximum absolute atomic E-state index is 11.9. The molecule has 0 unspecified atom stereocenters. The van der Waals surface area contributed by atoms with Crippen LogP contribution in [0, 0.1) is 0 Å². The van der Waals surface area contributed by atoms with Gasteiger partial charge in [0.25, 0.3) is 0 Å². The van der Waals surface area contributed by atoms with Crippen LogP contribution in [0.4, 0.5) is 4.79 Å². The summed E-state index contributed by atoms with van der Waals surface area (Å²) in [5, 5.41) is 3.27. The normalized spacial score (nSPS) is 17.1. The van der Waals surface area contributed by atoms with Crippen molar-refractivity contribution in [1.29, 1.82) is 0 Å². The first-order valence-corrected chi connectivity index (χ1v) is 6.23. The molecule has 1 aliphatic heterocycles. The Balaban J connectivity index is 2.41. The smallest absolute Gasteiger partial charge is 0.410 e. The van der Waals surface area contributed by atoms with E-state index in [1.165, 1.54) is 0 Å². The lowest BCUT2D eigenvalue weighted by atomic mass is 10.1. The summed E-state index contributed by atoms with van der Waals surface area (Å²) in [7, 11) is 1.79. The predicted molar refractivity (Wildman–Crippen MR) is 73.5 cm³/mol. The van der Waals surface area contributed by atoms with Crippen LogP contribution >= 0.6 is 0 Å². The Morgan fingerprint density at radius 2 is 2.11 bits per heavy atom. The van der Waals surface area contributed by atoms with Crippen LogP contribution in [-0.2, 0) is 4.74 Å². The Morgan fingerprint density at radius 3 is 2.67 bits per heavy atom. The van der Waals surface area contributed by atoms with Gasteiger partial charge >= 0.3 is 6.09 Å². The molecule has 18 heavy (non-hydrogen) atoms. The van der Waals surface area contributed by atoms with Crippen molar-refractivity contribution in [2.24, 2.45) is 0 Å². The zero-order valence-corrected chi connectivity index (χ0v) is 11.0. The fourth-order valence-corrected chi connectivity index (χ4v) is 1.92. The third-order valence-corrected chi connectivity index (χ3v) is 3.10. The Morgan fingerprint density at radius 1 is 1.44 bits per heavy atom. The molecule has 4 nitrogen and oxygen atoms in total. The molecule has 0 atom stereocenters. The van der Waals surface area contributed by atoms with Crippen LogP contribution in [0.5, 0.6) is 0 Å². The molecule has 0 aromatic rings. The van der Waals surface area contributed by atoms with Gasteiger partial charge in [-0.25, -0.2) is 4.79 Å². The van der Waals surface area contributed by atoms with Crippen LogP contribution in [0.2, 0.25) is 0 Å². The molecule has 1 N–H and O–H groups in total. The number of amides is 1. The standard InChI is InChI=1S/C14H22N2O2/c1-4-6-12(5-2)11-18-14(17)16(3)13-7-9-15-10-8-13/h4-6,13,15H,1-2,7-11H2,3H3/b12-6+. The summed E-state index contributed by atoms with van der Waals surface area (Å²) in [5.41, 5.74) is 0.845. The number of rotatable bonds is 5. The van der Waals surface area contributed by atoms with Crippen LogP contribution in [0.3, 0.4) is 0 Å². The predicted octanol–water partition coefficient (Wildman–Crippen LogP) is 2.11. The van der Waals surface area contributed by atoms with E-state index in [2.05, 4.69) is 18.5 Å². The maximum Gasteiger partial charge on any atom is 0.410 e. The molecule has 0 aliphatic carbocycles. The van der Waals surface area contributed by atoms with Crippen molar-refractivity contribution in [3.8, 4) is 0 Å². The summed E-state index contributed by atoms with van der Waals surface area (Å²) in [6.45, 7) is 9.41. The number of nitrogens with one attached hydrogen (secondary N) is 1. The minimum absolute atomic E-state index is 0.240. The van der Waals surface area contributed by atoms with Crippen LogP contribution in [-0.4, -0.2) is 43.8 Å². The second-order valence-electron chi connectivity index (χ2n) is 4.33. The third kappa shape index (κ3) is 4.37. The lowest BCUT2D eigenvalue weighted by molar-refractivity contribution is 0.0980. The molecule has 1 saturated heterocycles. The molecule has 1 heterocycles. The number of allylic oxidation sites excluding steroid dienone is 2. The van der Waals surface area contributed by atoms with Gasteiger partial charge in [0.1, 0.15) is 6.61 Å². The lowest BCUT2D eigenvalue weighted by Crippen LogP contribution is -2.44. The second-order valence-corrected chi connectivity index (χ2v) is 4.33. The molecule has 0 saturated carbocycles. The van der Waals surface area contributed by atoms with Gasteiger partial charge in [-0.05, 0) is 31.5 Å². The van der Waals surface area contributed by atoms with Gasteiger partial charge in [-0.3, -0.25) is 0 Å². The molecular formula is C14H22N2O2. The summed E-state index contributed by atoms with van der Waals surface area (Å²) in [4.78, 5) is 13.6. The number of hydrogen-bond acceptors (Lipinski definition) is 3. The van der Waals surface area contributed by atoms with Crippen molar-refractivity contribution >= 4 is 6.09 Å². The highest BCUT2D eigenvalue weighted by Gasteiger charge is 2.22. The highest BCUT2D eigenvalue weighted by Crippen LogP contribution is 2.11. The first-order chi connectivity index (χ1) is 8.69. The molecule has 1 rings (SSSR count). The highest BCUT2D eigenvalue weighted by molar-refractivity contribution is 5.68. The van der Waals surface area contributed by atoms with E-state index in [-0.39, 0.29) is 18.7 Å². The van der Waals surface area contributed by atoms with E-state index >= 15 is 0 Å². The van der Waals surface area contributed by atoms with E-state index in [0.29, 0.717) is 0 Å². The van der Waals surface area contributed by atoms with E-state index in [1.54, 1.807) is 30.2 Å². The molecule has 0 radical (unpaired) electrons. The van der Waals surface area contributed by atoms with E-state index in [0.717, 1.165) is 31.5 Å². The van der Waals surface area contributed by atoms with E-state index in [4.69, 9.17) is 4.74 Å². The lowest BCUT2D eigenvalue weighted by Gasteiger charge is -2.30. The van der Waals surface area contributed by atoms with E-state index in [9.17, 15) is 4.79 Å². The van der Waals surface area contributed by atoms with Crippen molar-refractivity contribution < 1.29 is 9.53 Å².